The number of fused-ring (bicyclic) bond motifs is 1. The SMILES string of the molecule is Cc1cccc(Cn2cc(/C=C3\C(=O)NC(=S)N(c4cc(C)cc(C)c4)C3=O)c3ccccc32)c1. The van der Waals surface area contributed by atoms with Crippen molar-refractivity contribution in [2.75, 3.05) is 4.90 Å². The minimum atomic E-state index is -0.490. The van der Waals surface area contributed by atoms with Crippen molar-refractivity contribution in [3.05, 3.63) is 106 Å². The van der Waals surface area contributed by atoms with Gasteiger partial charge in [0.25, 0.3) is 11.8 Å². The summed E-state index contributed by atoms with van der Waals surface area (Å²) in [5, 5.41) is 3.75. The van der Waals surface area contributed by atoms with Crippen LogP contribution in [0.5, 0.6) is 0 Å². The molecule has 0 bridgehead atoms. The number of para-hydroxylation sites is 1. The maximum absolute atomic E-state index is 13.5. The second-order valence-corrected chi connectivity index (χ2v) is 9.41. The summed E-state index contributed by atoms with van der Waals surface area (Å²) in [6, 6.07) is 22.2. The molecule has 0 radical (unpaired) electrons. The van der Waals surface area contributed by atoms with E-state index in [-0.39, 0.29) is 10.7 Å². The molecule has 1 N–H and O–H groups in total. The third-order valence-electron chi connectivity index (χ3n) is 6.12. The first-order valence-electron chi connectivity index (χ1n) is 11.4. The van der Waals surface area contributed by atoms with Gasteiger partial charge in [0.1, 0.15) is 5.57 Å². The number of carbonyl (C=O) groups excluding carboxylic acids is 2. The van der Waals surface area contributed by atoms with E-state index < -0.39 is 11.8 Å². The second-order valence-electron chi connectivity index (χ2n) is 9.02. The van der Waals surface area contributed by atoms with E-state index in [0.717, 1.165) is 27.6 Å². The summed E-state index contributed by atoms with van der Waals surface area (Å²) in [6.07, 6.45) is 3.67. The highest BCUT2D eigenvalue weighted by Crippen LogP contribution is 2.28. The van der Waals surface area contributed by atoms with Crippen LogP contribution in [-0.2, 0) is 16.1 Å². The molecule has 0 saturated carbocycles. The fourth-order valence-electron chi connectivity index (χ4n) is 4.66. The Morgan fingerprint density at radius 2 is 1.63 bits per heavy atom. The van der Waals surface area contributed by atoms with Gasteiger partial charge >= 0.3 is 0 Å². The van der Waals surface area contributed by atoms with Crippen LogP contribution in [0.25, 0.3) is 17.0 Å². The Balaban J connectivity index is 1.58. The summed E-state index contributed by atoms with van der Waals surface area (Å²) in [6.45, 7) is 6.69. The number of nitrogens with one attached hydrogen (secondary N) is 1. The van der Waals surface area contributed by atoms with Crippen molar-refractivity contribution >= 4 is 51.8 Å². The summed E-state index contributed by atoms with van der Waals surface area (Å²) in [4.78, 5) is 27.8. The van der Waals surface area contributed by atoms with Gasteiger partial charge in [-0.15, -0.1) is 0 Å². The number of carbonyl (C=O) groups is 2. The number of hydrogen-bond acceptors (Lipinski definition) is 3. The van der Waals surface area contributed by atoms with Gasteiger partial charge < -0.3 is 4.57 Å². The fraction of sp³-hybridized carbons (Fsp3) is 0.138. The van der Waals surface area contributed by atoms with E-state index in [0.29, 0.717) is 12.2 Å². The van der Waals surface area contributed by atoms with Crippen LogP contribution in [0, 0.1) is 20.8 Å². The van der Waals surface area contributed by atoms with Gasteiger partial charge in [-0.25, -0.2) is 0 Å². The maximum Gasteiger partial charge on any atom is 0.270 e. The molecule has 4 aromatic rings. The molecule has 0 aliphatic carbocycles. The molecule has 3 aromatic carbocycles. The van der Waals surface area contributed by atoms with Crippen LogP contribution in [0.2, 0.25) is 0 Å². The third kappa shape index (κ3) is 4.40. The molecule has 174 valence electrons. The summed E-state index contributed by atoms with van der Waals surface area (Å²) in [7, 11) is 0. The van der Waals surface area contributed by atoms with Gasteiger partial charge in [0.2, 0.25) is 0 Å². The molecule has 6 heteroatoms. The number of hydrogen-bond donors (Lipinski definition) is 1. The van der Waals surface area contributed by atoms with E-state index in [2.05, 4.69) is 41.1 Å². The standard InChI is InChI=1S/C29H25N3O2S/c1-18-7-6-8-21(12-18)16-31-17-22(24-9-4-5-10-26(24)31)15-25-27(33)30-29(35)32(28(25)34)23-13-19(2)11-20(3)14-23/h4-15,17H,16H2,1-3H3,(H,30,33,35)/b25-15+. The van der Waals surface area contributed by atoms with Gasteiger partial charge in [-0.3, -0.25) is 19.8 Å². The van der Waals surface area contributed by atoms with Crippen molar-refractivity contribution in [2.24, 2.45) is 0 Å². The average Bonchev–Trinajstić information content (AvgIpc) is 3.13. The van der Waals surface area contributed by atoms with Gasteiger partial charge in [-0.1, -0.05) is 54.1 Å². The molecule has 1 aromatic heterocycles. The van der Waals surface area contributed by atoms with Crippen molar-refractivity contribution < 1.29 is 9.59 Å². The Labute approximate surface area is 209 Å². The normalized spacial score (nSPS) is 15.2. The number of benzene rings is 3. The minimum absolute atomic E-state index is 0.0521. The highest BCUT2D eigenvalue weighted by Gasteiger charge is 2.34. The van der Waals surface area contributed by atoms with E-state index in [1.54, 1.807) is 6.08 Å². The van der Waals surface area contributed by atoms with Crippen molar-refractivity contribution in [3.8, 4) is 0 Å². The van der Waals surface area contributed by atoms with Crippen LogP contribution in [0.1, 0.15) is 27.8 Å². The lowest BCUT2D eigenvalue weighted by Gasteiger charge is -2.29. The largest absolute Gasteiger partial charge is 0.342 e. The molecule has 1 saturated heterocycles. The molecule has 35 heavy (non-hydrogen) atoms. The highest BCUT2D eigenvalue weighted by atomic mass is 32.1. The number of aromatic nitrogens is 1. The topological polar surface area (TPSA) is 54.3 Å². The van der Waals surface area contributed by atoms with Crippen molar-refractivity contribution in [3.63, 3.8) is 0 Å². The molecule has 0 atom stereocenters. The smallest absolute Gasteiger partial charge is 0.270 e. The average molecular weight is 480 g/mol. The zero-order valence-electron chi connectivity index (χ0n) is 19.8. The van der Waals surface area contributed by atoms with E-state index in [9.17, 15) is 9.59 Å². The first-order valence-corrected chi connectivity index (χ1v) is 11.8. The molecule has 5 nitrogen and oxygen atoms in total. The highest BCUT2D eigenvalue weighted by molar-refractivity contribution is 7.80. The van der Waals surface area contributed by atoms with Gasteiger partial charge in [0.15, 0.2) is 5.11 Å². The van der Waals surface area contributed by atoms with Gasteiger partial charge in [0, 0.05) is 29.2 Å². The third-order valence-corrected chi connectivity index (χ3v) is 6.41. The first kappa shape index (κ1) is 22.7. The van der Waals surface area contributed by atoms with Crippen molar-refractivity contribution in [1.29, 1.82) is 0 Å². The molecule has 0 spiro atoms. The predicted molar refractivity (Wildman–Crippen MR) is 144 cm³/mol. The Bertz CT molecular complexity index is 1530. The molecular weight excluding hydrogens is 454 g/mol. The van der Waals surface area contributed by atoms with Crippen LogP contribution < -0.4 is 10.2 Å². The number of anilines is 1. The molecule has 1 aliphatic heterocycles. The lowest BCUT2D eigenvalue weighted by Crippen LogP contribution is -2.54. The number of nitrogens with zero attached hydrogens (tertiary/aromatic N) is 2. The first-order chi connectivity index (χ1) is 16.8. The molecule has 1 fully saturated rings. The number of aryl methyl sites for hydroxylation is 3. The van der Waals surface area contributed by atoms with Gasteiger partial charge in [0.05, 0.1) is 5.69 Å². The monoisotopic (exact) mass is 479 g/mol. The lowest BCUT2D eigenvalue weighted by molar-refractivity contribution is -0.122. The van der Waals surface area contributed by atoms with Gasteiger partial charge in [-0.05, 0) is 74.0 Å². The number of rotatable bonds is 4. The van der Waals surface area contributed by atoms with Crippen LogP contribution in [0.4, 0.5) is 5.69 Å². The van der Waals surface area contributed by atoms with Crippen LogP contribution in [0.15, 0.2) is 78.5 Å². The van der Waals surface area contributed by atoms with Crippen molar-refractivity contribution in [1.82, 2.24) is 9.88 Å². The summed E-state index contributed by atoms with van der Waals surface area (Å²) >= 11 is 5.37. The van der Waals surface area contributed by atoms with Crippen LogP contribution >= 0.6 is 12.2 Å². The van der Waals surface area contributed by atoms with E-state index in [4.69, 9.17) is 12.2 Å². The maximum atomic E-state index is 13.5. The van der Waals surface area contributed by atoms with Gasteiger partial charge in [-0.2, -0.15) is 0 Å². The minimum Gasteiger partial charge on any atom is -0.342 e. The van der Waals surface area contributed by atoms with E-state index >= 15 is 0 Å². The Kier molecular flexibility index (Phi) is 5.83. The predicted octanol–water partition coefficient (Wildman–Crippen LogP) is 5.45. The Hall–Kier alpha value is -4.03. The quantitative estimate of drug-likeness (QED) is 0.241. The molecule has 1 aliphatic rings. The van der Waals surface area contributed by atoms with E-state index in [1.165, 1.54) is 16.0 Å². The summed E-state index contributed by atoms with van der Waals surface area (Å²) in [5.41, 5.74) is 6.94. The fourth-order valence-corrected chi connectivity index (χ4v) is 4.94. The Morgan fingerprint density at radius 3 is 2.37 bits per heavy atom. The summed E-state index contributed by atoms with van der Waals surface area (Å²) in [5.74, 6) is -0.921. The van der Waals surface area contributed by atoms with Crippen LogP contribution in [0.3, 0.4) is 0 Å². The number of thiocarbonyl (C=S) groups is 1. The molecule has 5 rings (SSSR count). The summed E-state index contributed by atoms with van der Waals surface area (Å²) < 4.78 is 2.15. The molecule has 2 heterocycles. The van der Waals surface area contributed by atoms with Crippen molar-refractivity contribution in [2.45, 2.75) is 27.3 Å². The molecular formula is C29H25N3O2S. The molecule has 2 amide bonds. The second kappa shape index (κ2) is 8.96. The van der Waals surface area contributed by atoms with Crippen LogP contribution in [-0.4, -0.2) is 21.5 Å². The van der Waals surface area contributed by atoms with E-state index in [1.807, 2.05) is 62.5 Å². The molecule has 0 unspecified atom stereocenters. The zero-order valence-corrected chi connectivity index (χ0v) is 20.6. The lowest BCUT2D eigenvalue weighted by atomic mass is 10.1. The zero-order chi connectivity index (χ0) is 24.7. The Morgan fingerprint density at radius 1 is 0.886 bits per heavy atom. The number of amides is 2.